The Bertz CT molecular complexity index is 560. The maximum absolute atomic E-state index is 10.4. The fraction of sp³-hybridized carbons (Fsp3) is 0.0714. The van der Waals surface area contributed by atoms with E-state index in [9.17, 15) is 4.79 Å². The predicted octanol–water partition coefficient (Wildman–Crippen LogP) is 4.11. The third-order valence-electron chi connectivity index (χ3n) is 2.25. The number of nitrogens with zero attached hydrogens (tertiary/aromatic N) is 1. The molecular weight excluding hydrogens is 230 g/mol. The minimum atomic E-state index is 0.666. The van der Waals surface area contributed by atoms with Crippen molar-refractivity contribution in [1.29, 1.82) is 0 Å². The standard InChI is InChI=1S/C14H11NOS/c1-11-7-8-13(15-10-16)14(9-11)17-12-5-3-2-4-6-12/h2-9H,1H3. The predicted molar refractivity (Wildman–Crippen MR) is 69.5 cm³/mol. The summed E-state index contributed by atoms with van der Waals surface area (Å²) in [5.41, 5.74) is 1.81. The first-order valence-electron chi connectivity index (χ1n) is 5.21. The summed E-state index contributed by atoms with van der Waals surface area (Å²) in [5, 5.41) is 0. The van der Waals surface area contributed by atoms with Crippen molar-refractivity contribution in [3.05, 3.63) is 54.1 Å². The summed E-state index contributed by atoms with van der Waals surface area (Å²) in [7, 11) is 0. The van der Waals surface area contributed by atoms with Crippen molar-refractivity contribution in [3.8, 4) is 0 Å². The van der Waals surface area contributed by atoms with Gasteiger partial charge in [-0.05, 0) is 36.8 Å². The lowest BCUT2D eigenvalue weighted by molar-refractivity contribution is 0.565. The molecule has 0 fully saturated rings. The molecule has 0 amide bonds. The maximum Gasteiger partial charge on any atom is 0.240 e. The summed E-state index contributed by atoms with van der Waals surface area (Å²) in [5.74, 6) is 0. The van der Waals surface area contributed by atoms with E-state index < -0.39 is 0 Å². The van der Waals surface area contributed by atoms with E-state index >= 15 is 0 Å². The van der Waals surface area contributed by atoms with Gasteiger partial charge in [-0.1, -0.05) is 36.0 Å². The average Bonchev–Trinajstić information content (AvgIpc) is 2.34. The van der Waals surface area contributed by atoms with Crippen molar-refractivity contribution >= 4 is 23.5 Å². The van der Waals surface area contributed by atoms with E-state index in [2.05, 4.69) is 4.99 Å². The minimum Gasteiger partial charge on any atom is -0.211 e. The van der Waals surface area contributed by atoms with Crippen molar-refractivity contribution in [2.75, 3.05) is 0 Å². The molecule has 84 valence electrons. The van der Waals surface area contributed by atoms with Crippen LogP contribution in [0, 0.1) is 6.92 Å². The Kier molecular flexibility index (Phi) is 3.76. The number of aryl methyl sites for hydroxylation is 1. The highest BCUT2D eigenvalue weighted by atomic mass is 32.2. The number of benzene rings is 2. The molecule has 0 heterocycles. The number of aliphatic imine (C=N–C) groups is 1. The number of hydrogen-bond acceptors (Lipinski definition) is 3. The molecule has 0 aliphatic rings. The maximum atomic E-state index is 10.4. The van der Waals surface area contributed by atoms with Crippen LogP contribution in [0.15, 0.2) is 63.3 Å². The highest BCUT2D eigenvalue weighted by molar-refractivity contribution is 7.99. The molecule has 0 spiro atoms. The van der Waals surface area contributed by atoms with Gasteiger partial charge < -0.3 is 0 Å². The summed E-state index contributed by atoms with van der Waals surface area (Å²) < 4.78 is 0. The van der Waals surface area contributed by atoms with E-state index in [1.54, 1.807) is 17.8 Å². The minimum absolute atomic E-state index is 0.666. The third-order valence-corrected chi connectivity index (χ3v) is 3.31. The van der Waals surface area contributed by atoms with Crippen LogP contribution in [0.2, 0.25) is 0 Å². The zero-order valence-electron chi connectivity index (χ0n) is 9.38. The number of isocyanates is 1. The van der Waals surface area contributed by atoms with Gasteiger partial charge in [-0.15, -0.1) is 0 Å². The van der Waals surface area contributed by atoms with Crippen LogP contribution in [-0.2, 0) is 4.79 Å². The molecule has 0 atom stereocenters. The molecule has 0 saturated heterocycles. The Balaban J connectivity index is 2.37. The summed E-state index contributed by atoms with van der Waals surface area (Å²) in [6.45, 7) is 2.02. The second kappa shape index (κ2) is 5.48. The molecule has 2 nitrogen and oxygen atoms in total. The summed E-state index contributed by atoms with van der Waals surface area (Å²) >= 11 is 1.60. The van der Waals surface area contributed by atoms with E-state index in [1.165, 1.54) is 0 Å². The van der Waals surface area contributed by atoms with Crippen LogP contribution < -0.4 is 0 Å². The van der Waals surface area contributed by atoms with Gasteiger partial charge in [-0.3, -0.25) is 0 Å². The van der Waals surface area contributed by atoms with Crippen LogP contribution in [-0.4, -0.2) is 6.08 Å². The SMILES string of the molecule is Cc1ccc(N=C=O)c(Sc2ccccc2)c1. The molecule has 0 N–H and O–H groups in total. The van der Waals surface area contributed by atoms with E-state index in [0.717, 1.165) is 15.4 Å². The Hall–Kier alpha value is -1.83. The quantitative estimate of drug-likeness (QED) is 0.597. The van der Waals surface area contributed by atoms with Crippen LogP contribution in [0.25, 0.3) is 0 Å². The van der Waals surface area contributed by atoms with E-state index in [1.807, 2.05) is 55.5 Å². The first-order chi connectivity index (χ1) is 8.29. The van der Waals surface area contributed by atoms with E-state index in [4.69, 9.17) is 0 Å². The summed E-state index contributed by atoms with van der Waals surface area (Å²) in [6.07, 6.45) is 1.59. The monoisotopic (exact) mass is 241 g/mol. The van der Waals surface area contributed by atoms with Gasteiger partial charge in [-0.2, -0.15) is 4.99 Å². The molecule has 3 heteroatoms. The van der Waals surface area contributed by atoms with Crippen LogP contribution in [0.3, 0.4) is 0 Å². The van der Waals surface area contributed by atoms with Gasteiger partial charge in [0.15, 0.2) is 0 Å². The number of rotatable bonds is 3. The van der Waals surface area contributed by atoms with E-state index in [-0.39, 0.29) is 0 Å². The van der Waals surface area contributed by atoms with Crippen molar-refractivity contribution in [1.82, 2.24) is 0 Å². The Morgan fingerprint density at radius 2 is 1.88 bits per heavy atom. The Morgan fingerprint density at radius 1 is 1.12 bits per heavy atom. The van der Waals surface area contributed by atoms with Gasteiger partial charge in [0.05, 0.1) is 5.69 Å². The molecule has 0 unspecified atom stereocenters. The molecule has 2 rings (SSSR count). The Morgan fingerprint density at radius 3 is 2.59 bits per heavy atom. The van der Waals surface area contributed by atoms with Crippen molar-refractivity contribution in [2.45, 2.75) is 16.7 Å². The zero-order chi connectivity index (χ0) is 12.1. The summed E-state index contributed by atoms with van der Waals surface area (Å²) in [6, 6.07) is 15.8. The van der Waals surface area contributed by atoms with Gasteiger partial charge in [-0.25, -0.2) is 4.79 Å². The summed E-state index contributed by atoms with van der Waals surface area (Å²) in [4.78, 5) is 16.2. The molecular formula is C14H11NOS. The van der Waals surface area contributed by atoms with Crippen LogP contribution in [0.5, 0.6) is 0 Å². The van der Waals surface area contributed by atoms with Gasteiger partial charge in [0.1, 0.15) is 0 Å². The van der Waals surface area contributed by atoms with Crippen molar-refractivity contribution in [2.24, 2.45) is 4.99 Å². The molecule has 0 aliphatic heterocycles. The number of hydrogen-bond donors (Lipinski definition) is 0. The number of carbonyl (C=O) groups excluding carboxylic acids is 1. The van der Waals surface area contributed by atoms with Crippen LogP contribution >= 0.6 is 11.8 Å². The molecule has 0 radical (unpaired) electrons. The van der Waals surface area contributed by atoms with Gasteiger partial charge >= 0.3 is 0 Å². The first kappa shape index (κ1) is 11.6. The second-order valence-corrected chi connectivity index (χ2v) is 4.70. The van der Waals surface area contributed by atoms with Gasteiger partial charge in [0, 0.05) is 9.79 Å². The Labute approximate surface area is 104 Å². The first-order valence-corrected chi connectivity index (χ1v) is 6.02. The molecule has 0 aromatic heterocycles. The average molecular weight is 241 g/mol. The smallest absolute Gasteiger partial charge is 0.211 e. The normalized spacial score (nSPS) is 9.71. The zero-order valence-corrected chi connectivity index (χ0v) is 10.2. The van der Waals surface area contributed by atoms with Crippen LogP contribution in [0.1, 0.15) is 5.56 Å². The molecule has 17 heavy (non-hydrogen) atoms. The van der Waals surface area contributed by atoms with Gasteiger partial charge in [0.25, 0.3) is 0 Å². The lowest BCUT2D eigenvalue weighted by Crippen LogP contribution is -1.78. The van der Waals surface area contributed by atoms with E-state index in [0.29, 0.717) is 5.69 Å². The highest BCUT2D eigenvalue weighted by Crippen LogP contribution is 2.35. The largest absolute Gasteiger partial charge is 0.240 e. The highest BCUT2D eigenvalue weighted by Gasteiger charge is 2.04. The van der Waals surface area contributed by atoms with Crippen LogP contribution in [0.4, 0.5) is 5.69 Å². The van der Waals surface area contributed by atoms with Gasteiger partial charge in [0.2, 0.25) is 6.08 Å². The fourth-order valence-electron chi connectivity index (χ4n) is 1.46. The molecule has 2 aromatic carbocycles. The molecule has 0 saturated carbocycles. The molecule has 0 bridgehead atoms. The molecule has 0 aliphatic carbocycles. The van der Waals surface area contributed by atoms with Crippen molar-refractivity contribution in [3.63, 3.8) is 0 Å². The molecule has 2 aromatic rings. The fourth-order valence-corrected chi connectivity index (χ4v) is 2.47. The van der Waals surface area contributed by atoms with Crippen molar-refractivity contribution < 1.29 is 4.79 Å². The lowest BCUT2D eigenvalue weighted by Gasteiger charge is -2.05. The lowest BCUT2D eigenvalue weighted by atomic mass is 10.2. The topological polar surface area (TPSA) is 29.4 Å². The second-order valence-electron chi connectivity index (χ2n) is 3.59. The third kappa shape index (κ3) is 3.06.